The van der Waals surface area contributed by atoms with Gasteiger partial charge in [-0.2, -0.15) is 0 Å². The van der Waals surface area contributed by atoms with Gasteiger partial charge in [0.1, 0.15) is 108 Å². The van der Waals surface area contributed by atoms with Crippen LogP contribution in [0.3, 0.4) is 0 Å². The first-order chi connectivity index (χ1) is 67.2. The van der Waals surface area contributed by atoms with Crippen molar-refractivity contribution in [1.29, 1.82) is 0 Å². The number of benzene rings is 14. The Morgan fingerprint density at radius 3 is 0.957 bits per heavy atom. The van der Waals surface area contributed by atoms with Crippen LogP contribution in [0.15, 0.2) is 243 Å². The van der Waals surface area contributed by atoms with Crippen LogP contribution in [0.4, 0.5) is 39.8 Å². The van der Waals surface area contributed by atoms with Crippen LogP contribution in [0, 0.1) is 13.8 Å². The molecule has 14 aromatic rings. The summed E-state index contributed by atoms with van der Waals surface area (Å²) in [6.07, 6.45) is 18.6. The first-order valence-corrected chi connectivity index (χ1v) is 49.0. The van der Waals surface area contributed by atoms with Crippen LogP contribution in [0.25, 0.3) is 77.9 Å². The molecule has 0 amide bonds. The highest BCUT2D eigenvalue weighted by molar-refractivity contribution is 6.33. The van der Waals surface area contributed by atoms with Crippen LogP contribution in [0.1, 0.15) is 159 Å². The molecule has 7 saturated carbocycles. The lowest BCUT2D eigenvalue weighted by Gasteiger charge is -2.46. The van der Waals surface area contributed by atoms with Crippen LogP contribution < -0.4 is 95.7 Å². The van der Waals surface area contributed by atoms with E-state index in [1.807, 2.05) is 123 Å². The van der Waals surface area contributed by atoms with Gasteiger partial charge in [-0.3, -0.25) is 0 Å². The van der Waals surface area contributed by atoms with Crippen molar-refractivity contribution in [2.75, 3.05) is 95.6 Å². The lowest BCUT2D eigenvalue weighted by molar-refractivity contribution is -0.0146. The first-order valence-electron chi connectivity index (χ1n) is 48.2. The Morgan fingerprint density at radius 1 is 0.281 bits per heavy atom. The lowest BCUT2D eigenvalue weighted by atomic mass is 9.70. The molecule has 0 saturated heterocycles. The molecule has 139 heavy (non-hydrogen) atoms. The second-order valence-electron chi connectivity index (χ2n) is 39.4. The van der Waals surface area contributed by atoms with E-state index in [1.54, 1.807) is 35.5 Å². The van der Waals surface area contributed by atoms with Crippen molar-refractivity contribution >= 4 is 63.0 Å². The quantitative estimate of drug-likeness (QED) is 0.0811. The highest BCUT2D eigenvalue weighted by atomic mass is 35.5. The normalized spacial score (nSPS) is 17.4. The minimum Gasteiger partial charge on any atom is -0.497 e. The number of hydrogen-bond donors (Lipinski definition) is 6. The Kier molecular flexibility index (Phi) is 22.3. The minimum absolute atomic E-state index is 0.0859. The molecule has 0 unspecified atom stereocenters. The fraction of sp³-hybridized carbons (Fsp3) is 0.288. The van der Waals surface area contributed by atoms with Gasteiger partial charge < -0.3 is 95.7 Å². The van der Waals surface area contributed by atoms with E-state index in [0.29, 0.717) is 27.2 Å². The molecule has 0 atom stereocenters. The molecule has 14 aliphatic rings. The van der Waals surface area contributed by atoms with Crippen molar-refractivity contribution in [1.82, 2.24) is 0 Å². The van der Waals surface area contributed by atoms with Gasteiger partial charge in [0, 0.05) is 181 Å². The van der Waals surface area contributed by atoms with E-state index >= 15 is 0 Å². The molecular formula is C118H115Cl2N7O12. The van der Waals surface area contributed by atoms with Gasteiger partial charge in [-0.25, -0.2) is 0 Å². The van der Waals surface area contributed by atoms with E-state index in [-0.39, 0.29) is 39.2 Å². The molecule has 21 heteroatoms. The summed E-state index contributed by atoms with van der Waals surface area (Å²) in [5.74, 6) is 10.5. The third kappa shape index (κ3) is 15.9. The van der Waals surface area contributed by atoms with Gasteiger partial charge in [0.2, 0.25) is 0 Å². The summed E-state index contributed by atoms with van der Waals surface area (Å²) in [5, 5.41) is 4.40. The summed E-state index contributed by atoms with van der Waals surface area (Å²) in [5.41, 5.74) is 62.2. The van der Waals surface area contributed by atoms with Crippen molar-refractivity contribution in [2.24, 2.45) is 0 Å². The fourth-order valence-corrected chi connectivity index (χ4v) is 22.1. The molecule has 7 aliphatic heterocycles. The van der Waals surface area contributed by atoms with Gasteiger partial charge in [-0.1, -0.05) is 89.4 Å². The maximum absolute atomic E-state index is 6.36. The second-order valence-corrected chi connectivity index (χ2v) is 40.2. The summed E-state index contributed by atoms with van der Waals surface area (Å²) < 4.78 is 70.9. The summed E-state index contributed by atoms with van der Waals surface area (Å²) in [6, 6.07) is 82.4. The highest BCUT2D eigenvalue weighted by Crippen LogP contribution is 2.65. The summed E-state index contributed by atoms with van der Waals surface area (Å²) in [7, 11) is 14.4. The maximum atomic E-state index is 6.36. The number of fused-ring (bicyclic) bond motifs is 28. The second kappa shape index (κ2) is 34.5. The largest absolute Gasteiger partial charge is 0.497 e. The number of nitrogens with zero attached hydrogens (tertiary/aromatic N) is 1. The number of methoxy groups -OCH3 is 5. The molecule has 11 N–H and O–H groups in total. The van der Waals surface area contributed by atoms with Crippen LogP contribution >= 0.6 is 23.2 Å². The van der Waals surface area contributed by atoms with Crippen LogP contribution in [0.2, 0.25) is 10.0 Å². The molecular weight excluding hydrogens is 1780 g/mol. The average molecular weight is 1890 g/mol. The van der Waals surface area contributed by atoms with Gasteiger partial charge >= 0.3 is 0 Å². The number of halogens is 2. The predicted molar refractivity (Wildman–Crippen MR) is 556 cm³/mol. The number of nitrogens with two attached hydrogens (primary N) is 5. The number of hydrogen-bond acceptors (Lipinski definition) is 19. The van der Waals surface area contributed by atoms with Crippen molar-refractivity contribution in [3.8, 4) is 147 Å². The number of nitrogens with one attached hydrogen (secondary N) is 1. The molecule has 14 aromatic carbocycles. The zero-order valence-electron chi connectivity index (χ0n) is 80.1. The van der Waals surface area contributed by atoms with Crippen LogP contribution in [-0.4, -0.2) is 56.7 Å². The highest BCUT2D eigenvalue weighted by Gasteiger charge is 2.57. The van der Waals surface area contributed by atoms with E-state index in [1.165, 1.54) is 108 Å². The molecule has 19 nitrogen and oxygen atoms in total. The fourth-order valence-electron chi connectivity index (χ4n) is 21.7. The van der Waals surface area contributed by atoms with Gasteiger partial charge in [0.25, 0.3) is 0 Å². The predicted octanol–water partition coefficient (Wildman–Crippen LogP) is 27.3. The van der Waals surface area contributed by atoms with Gasteiger partial charge in [0.05, 0.1) is 45.6 Å². The topological polar surface area (TPSA) is 256 Å². The monoisotopic (exact) mass is 1890 g/mol. The zero-order valence-corrected chi connectivity index (χ0v) is 81.6. The van der Waals surface area contributed by atoms with Crippen LogP contribution in [-0.2, 0) is 39.2 Å². The van der Waals surface area contributed by atoms with Crippen LogP contribution in [0.5, 0.6) is 69.0 Å². The van der Waals surface area contributed by atoms with Crippen molar-refractivity contribution < 1.29 is 56.8 Å². The van der Waals surface area contributed by atoms with Crippen molar-refractivity contribution in [3.05, 3.63) is 303 Å². The van der Waals surface area contributed by atoms with Crippen molar-refractivity contribution in [2.45, 2.75) is 162 Å². The number of nitrogen functional groups attached to an aromatic ring is 5. The molecule has 7 heterocycles. The lowest BCUT2D eigenvalue weighted by Crippen LogP contribution is -2.42. The van der Waals surface area contributed by atoms with Gasteiger partial charge in [-0.05, 0) is 307 Å². The molecule has 7 spiro atoms. The summed E-state index contributed by atoms with van der Waals surface area (Å²) >= 11 is 12.6. The standard InChI is InChI=1S/C18H19NO2.C17H16ClNO2.2C17H17NO2.C17H17NO.C16H14ClNO2.C16H15NO/c1-19(2)12-4-6-15-14-7-5-13(20-3)11-16(14)18(8-9-18)21-17(15)10-12;1-9-5-11-10-6-13(18)16(20-2)7-12(10)17(3-4-17)21-15(11)8-14(9)19;1-18-11-3-5-14-13-6-4-12(19-2)10-15(13)17(7-8-17)20-16(14)9-11;1-19-12-4-6-13-14-5-3-11(18)9-16(14)20-17(7-2-8-17)15(13)10-12;1-11-3-5-13-14-6-4-12(18)10-16(14)19-17(7-2-8-17)15(13)9-11;1-19-15-8-12-11(7-13(15)17)10-3-2-9(18)6-14(10)20-16(12)4-5-16;17-11-6-7-13-12-4-1-2-5-14(12)16(8-3-9-16)18-15(13)10-11/h4-7,10-11H,8-9H2,1-3H3;5-8H,3-4,19H2,1-2H3;3-6,9-10,18H,7-8H2,1-2H3;3-6,9-10H,2,7-8,18H2,1H3;3-6,9-10H,2,7-8,18H2,1H3;2-3,6-8H,4-5,18H2,1H3;1-2,4-7,10H,3,8-9,17H2. The Balaban J connectivity index is 0.0000000935. The molecule has 28 rings (SSSR count). The Morgan fingerprint density at radius 2 is 0.590 bits per heavy atom. The third-order valence-corrected chi connectivity index (χ3v) is 31.0. The smallest absolute Gasteiger partial charge is 0.137 e. The zero-order chi connectivity index (χ0) is 96.0. The molecule has 7 aliphatic carbocycles. The van der Waals surface area contributed by atoms with E-state index in [9.17, 15) is 0 Å². The molecule has 0 aromatic heterocycles. The first kappa shape index (κ1) is 90.0. The summed E-state index contributed by atoms with van der Waals surface area (Å²) in [4.78, 5) is 2.10. The molecule has 708 valence electrons. The van der Waals surface area contributed by atoms with E-state index in [2.05, 4.69) is 165 Å². The Labute approximate surface area is 822 Å². The number of aryl methyl sites for hydroxylation is 2. The van der Waals surface area contributed by atoms with E-state index < -0.39 is 0 Å². The minimum atomic E-state index is -0.220. The molecule has 7 fully saturated rings. The van der Waals surface area contributed by atoms with E-state index in [0.717, 1.165) is 220 Å². The Hall–Kier alpha value is -14.1. The van der Waals surface area contributed by atoms with Crippen molar-refractivity contribution in [3.63, 3.8) is 0 Å². The SMILES string of the molecule is CNc1ccc2c(c1)OC1(CC1)c1cc(OC)ccc1-2.COc1cc2c(cc1Cl)-c1cc(C)c(N)cc1OC21CC1.COc1cc2c(cc1Cl)-c1ccc(N)cc1OC21CC1.COc1ccc2c(c1)C1(CC1)Oc1cc(N(C)C)ccc1-2.COc1ccc2c(c1)C1(CCC1)Oc1cc(N)ccc1-2.Cc1ccc2c(c1)C1(CCC1)Oc1cc(N)ccc1-2.Nc1ccc2c(c1)OC1(CCC1)c1ccccc1-2. The van der Waals surface area contributed by atoms with E-state index in [4.69, 9.17) is 109 Å². The summed E-state index contributed by atoms with van der Waals surface area (Å²) in [6.45, 7) is 4.15. The number of rotatable bonds is 7. The molecule has 0 radical (unpaired) electrons. The Bertz CT molecular complexity index is 7280. The maximum Gasteiger partial charge on any atom is 0.137 e. The van der Waals surface area contributed by atoms with Gasteiger partial charge in [-0.15, -0.1) is 0 Å². The third-order valence-electron chi connectivity index (χ3n) is 30.4. The molecule has 0 bridgehead atoms. The number of anilines is 7. The average Bonchev–Trinajstić information content (AvgIpc) is 1.68. The van der Waals surface area contributed by atoms with Gasteiger partial charge in [0.15, 0.2) is 0 Å². The number of ether oxygens (including phenoxy) is 12.